The molecule has 0 saturated heterocycles. The van der Waals surface area contributed by atoms with Crippen molar-refractivity contribution in [3.63, 3.8) is 0 Å². The minimum Gasteiger partial charge on any atom is -0.505 e. The fourth-order valence-electron chi connectivity index (χ4n) is 1.68. The lowest BCUT2D eigenvalue weighted by Crippen LogP contribution is -2.43. The second-order valence-corrected chi connectivity index (χ2v) is 5.70. The lowest BCUT2D eigenvalue weighted by molar-refractivity contribution is 0.0626. The van der Waals surface area contributed by atoms with E-state index in [1.54, 1.807) is 30.1 Å². The van der Waals surface area contributed by atoms with Crippen LogP contribution in [0.2, 0.25) is 0 Å². The molecule has 1 aromatic rings. The number of amides is 1. The van der Waals surface area contributed by atoms with Gasteiger partial charge >= 0.3 is 0 Å². The van der Waals surface area contributed by atoms with E-state index in [0.717, 1.165) is 0 Å². The maximum Gasteiger partial charge on any atom is 0.257 e. The van der Waals surface area contributed by atoms with Gasteiger partial charge in [0.25, 0.3) is 5.91 Å². The molecular formula is C14H22N2O2. The monoisotopic (exact) mass is 250 g/mol. The first-order chi connectivity index (χ1) is 8.16. The first-order valence-corrected chi connectivity index (χ1v) is 6.01. The molecule has 0 radical (unpaired) electrons. The van der Waals surface area contributed by atoms with Gasteiger partial charge in [-0.3, -0.25) is 4.79 Å². The zero-order valence-electron chi connectivity index (χ0n) is 11.7. The van der Waals surface area contributed by atoms with Gasteiger partial charge in [0.1, 0.15) is 0 Å². The fraction of sp³-hybridized carbons (Fsp3) is 0.500. The van der Waals surface area contributed by atoms with E-state index in [1.807, 2.05) is 6.92 Å². The summed E-state index contributed by atoms with van der Waals surface area (Å²) in [6, 6.07) is 4.86. The van der Waals surface area contributed by atoms with Gasteiger partial charge in [-0.05, 0) is 24.5 Å². The number of carbonyl (C=O) groups is 1. The number of nitrogens with zero attached hydrogens (tertiary/aromatic N) is 1. The quantitative estimate of drug-likeness (QED) is 0.626. The molecule has 1 atom stereocenters. The summed E-state index contributed by atoms with van der Waals surface area (Å²) in [5.74, 6) is -0.363. The van der Waals surface area contributed by atoms with E-state index >= 15 is 0 Å². The van der Waals surface area contributed by atoms with Gasteiger partial charge in [-0.15, -0.1) is 0 Å². The average Bonchev–Trinajstić information content (AvgIpc) is 2.28. The van der Waals surface area contributed by atoms with Crippen LogP contribution in [0.15, 0.2) is 18.2 Å². The molecule has 0 fully saturated rings. The van der Waals surface area contributed by atoms with E-state index in [9.17, 15) is 9.90 Å². The summed E-state index contributed by atoms with van der Waals surface area (Å²) in [6.45, 7) is 8.20. The normalized spacial score (nSPS) is 13.2. The minimum atomic E-state index is -0.220. The topological polar surface area (TPSA) is 66.6 Å². The molecule has 1 amide bonds. The smallest absolute Gasteiger partial charge is 0.257 e. The Hall–Kier alpha value is -1.71. The van der Waals surface area contributed by atoms with Gasteiger partial charge in [0, 0.05) is 13.1 Å². The first-order valence-electron chi connectivity index (χ1n) is 6.01. The predicted octanol–water partition coefficient (Wildman–Crippen LogP) is 2.48. The Bertz CT molecular complexity index is 450. The molecule has 0 heterocycles. The number of carbonyl (C=O) groups excluding carboxylic acids is 1. The van der Waals surface area contributed by atoms with Gasteiger partial charge in [0.15, 0.2) is 5.75 Å². The number of para-hydroxylation sites is 1. The molecule has 3 N–H and O–H groups in total. The van der Waals surface area contributed by atoms with Crippen LogP contribution in [0.25, 0.3) is 0 Å². The standard InChI is InChI=1S/C14H22N2O2/c1-9(14(2,3)4)16(5)13(18)10-7-6-8-11(15)12(10)17/h6-9,17H,15H2,1-5H3. The summed E-state index contributed by atoms with van der Waals surface area (Å²) < 4.78 is 0. The van der Waals surface area contributed by atoms with Crippen molar-refractivity contribution in [1.29, 1.82) is 0 Å². The Kier molecular flexibility index (Phi) is 3.89. The molecule has 0 aromatic heterocycles. The maximum atomic E-state index is 12.3. The molecule has 1 rings (SSSR count). The van der Waals surface area contributed by atoms with Crippen molar-refractivity contribution in [2.75, 3.05) is 12.8 Å². The molecule has 0 spiro atoms. The molecular weight excluding hydrogens is 228 g/mol. The van der Waals surface area contributed by atoms with Crippen LogP contribution in [0.4, 0.5) is 5.69 Å². The number of rotatable bonds is 2. The SMILES string of the molecule is CC(N(C)C(=O)c1cccc(N)c1O)C(C)(C)C. The number of benzene rings is 1. The van der Waals surface area contributed by atoms with E-state index in [1.165, 1.54) is 0 Å². The minimum absolute atomic E-state index is 0.0274. The molecule has 1 unspecified atom stereocenters. The number of phenolic OH excluding ortho intramolecular Hbond substituents is 1. The highest BCUT2D eigenvalue weighted by Gasteiger charge is 2.28. The Balaban J connectivity index is 3.05. The zero-order valence-corrected chi connectivity index (χ0v) is 11.7. The van der Waals surface area contributed by atoms with Gasteiger partial charge in [-0.2, -0.15) is 0 Å². The third kappa shape index (κ3) is 2.75. The second-order valence-electron chi connectivity index (χ2n) is 5.70. The molecule has 0 aliphatic carbocycles. The Labute approximate surface area is 108 Å². The average molecular weight is 250 g/mol. The summed E-state index contributed by atoms with van der Waals surface area (Å²) in [5.41, 5.74) is 6.04. The number of nitrogen functional groups attached to an aromatic ring is 1. The van der Waals surface area contributed by atoms with Crippen molar-refractivity contribution in [2.24, 2.45) is 5.41 Å². The Morgan fingerprint density at radius 3 is 2.44 bits per heavy atom. The van der Waals surface area contributed by atoms with Crippen LogP contribution in [0.5, 0.6) is 5.75 Å². The highest BCUT2D eigenvalue weighted by molar-refractivity contribution is 5.98. The second kappa shape index (κ2) is 4.88. The molecule has 100 valence electrons. The number of anilines is 1. The van der Waals surface area contributed by atoms with Crippen molar-refractivity contribution in [1.82, 2.24) is 4.90 Å². The molecule has 0 aliphatic heterocycles. The van der Waals surface area contributed by atoms with E-state index in [-0.39, 0.29) is 34.4 Å². The van der Waals surface area contributed by atoms with Crippen LogP contribution in [-0.2, 0) is 0 Å². The summed E-state index contributed by atoms with van der Waals surface area (Å²) in [6.07, 6.45) is 0. The molecule has 1 aromatic carbocycles. The fourth-order valence-corrected chi connectivity index (χ4v) is 1.68. The van der Waals surface area contributed by atoms with Gasteiger partial charge in [-0.25, -0.2) is 0 Å². The van der Waals surface area contributed by atoms with E-state index in [2.05, 4.69) is 20.8 Å². The summed E-state index contributed by atoms with van der Waals surface area (Å²) >= 11 is 0. The van der Waals surface area contributed by atoms with Crippen LogP contribution < -0.4 is 5.73 Å². The highest BCUT2D eigenvalue weighted by atomic mass is 16.3. The van der Waals surface area contributed by atoms with Crippen LogP contribution >= 0.6 is 0 Å². The van der Waals surface area contributed by atoms with E-state index < -0.39 is 0 Å². The molecule has 0 bridgehead atoms. The van der Waals surface area contributed by atoms with Crippen molar-refractivity contribution in [3.05, 3.63) is 23.8 Å². The van der Waals surface area contributed by atoms with Crippen LogP contribution in [0.3, 0.4) is 0 Å². The first kappa shape index (κ1) is 14.4. The lowest BCUT2D eigenvalue weighted by atomic mass is 9.87. The van der Waals surface area contributed by atoms with E-state index in [4.69, 9.17) is 5.73 Å². The molecule has 0 aliphatic rings. The Morgan fingerprint density at radius 2 is 1.94 bits per heavy atom. The van der Waals surface area contributed by atoms with Crippen molar-refractivity contribution in [3.8, 4) is 5.75 Å². The van der Waals surface area contributed by atoms with Gasteiger partial charge < -0.3 is 15.7 Å². The maximum absolute atomic E-state index is 12.3. The van der Waals surface area contributed by atoms with Gasteiger partial charge in [0.2, 0.25) is 0 Å². The molecule has 4 nitrogen and oxygen atoms in total. The third-order valence-corrected chi connectivity index (χ3v) is 3.45. The number of nitrogens with two attached hydrogens (primary N) is 1. The largest absolute Gasteiger partial charge is 0.505 e. The van der Waals surface area contributed by atoms with Gasteiger partial charge in [0.05, 0.1) is 11.3 Å². The van der Waals surface area contributed by atoms with Gasteiger partial charge in [-0.1, -0.05) is 26.8 Å². The van der Waals surface area contributed by atoms with Crippen molar-refractivity contribution in [2.45, 2.75) is 33.7 Å². The summed E-state index contributed by atoms with van der Waals surface area (Å²) in [5, 5.41) is 9.83. The van der Waals surface area contributed by atoms with Crippen molar-refractivity contribution >= 4 is 11.6 Å². The van der Waals surface area contributed by atoms with Crippen molar-refractivity contribution < 1.29 is 9.90 Å². The predicted molar refractivity (Wildman–Crippen MR) is 73.5 cm³/mol. The number of aromatic hydroxyl groups is 1. The molecule has 18 heavy (non-hydrogen) atoms. The number of hydrogen-bond donors (Lipinski definition) is 2. The van der Waals surface area contributed by atoms with Crippen LogP contribution in [0, 0.1) is 5.41 Å². The summed E-state index contributed by atoms with van der Waals surface area (Å²) in [7, 11) is 1.74. The van der Waals surface area contributed by atoms with E-state index in [0.29, 0.717) is 0 Å². The van der Waals surface area contributed by atoms with Crippen LogP contribution in [0.1, 0.15) is 38.1 Å². The lowest BCUT2D eigenvalue weighted by Gasteiger charge is -2.35. The van der Waals surface area contributed by atoms with Crippen LogP contribution in [-0.4, -0.2) is 29.0 Å². The molecule has 0 saturated carbocycles. The third-order valence-electron chi connectivity index (χ3n) is 3.45. The number of phenols is 1. The summed E-state index contributed by atoms with van der Waals surface area (Å²) in [4.78, 5) is 13.9. The zero-order chi connectivity index (χ0) is 14.1. The molecule has 4 heteroatoms. The highest BCUT2D eigenvalue weighted by Crippen LogP contribution is 2.28. The number of hydrogen-bond acceptors (Lipinski definition) is 3. The Morgan fingerprint density at radius 1 is 1.39 bits per heavy atom.